The Morgan fingerprint density at radius 3 is 1.27 bits per heavy atom. The predicted molar refractivity (Wildman–Crippen MR) is 338 cm³/mol. The number of para-hydroxylation sites is 1. The van der Waals surface area contributed by atoms with Crippen molar-refractivity contribution < 1.29 is 174 Å². The van der Waals surface area contributed by atoms with E-state index in [1.54, 1.807) is 59.9 Å². The summed E-state index contributed by atoms with van der Waals surface area (Å²) in [5.41, 5.74) is 10.4. The third-order valence-electron chi connectivity index (χ3n) is 11.2. The SMILES string of the molecule is CC(=O)CC[C@H](N)C(=O)O.CC(=O)CC[C@H](NC(=O)OC(C)(C)C)C(=O)OCc1ccccc1.CC(C)(C)OC(=O)N[C@@H](CCC(=O)O)C(=O)OCc1ccccc1.ClCCl.O=C(O)C(F)(F)F.O=C(O)C(F)(F)F.[NH3+][C@@H](CCC(=O)N[C@@H](Cc1c[nH]c2ccccc12)C(=O)[O-])C(=O)O.[Na+]. The number of H-pyrrole nitrogens is 1. The molecule has 4 rings (SSSR count). The summed E-state index contributed by atoms with van der Waals surface area (Å²) in [6.07, 6.45) is -9.54. The molecule has 0 aliphatic rings. The Hall–Kier alpha value is -8.61. The number of hydrogen-bond acceptors (Lipinski definition) is 19. The summed E-state index contributed by atoms with van der Waals surface area (Å²) in [5, 5.41) is 59.6. The molecule has 1 aromatic heterocycles. The van der Waals surface area contributed by atoms with Crippen LogP contribution in [0.25, 0.3) is 10.9 Å². The van der Waals surface area contributed by atoms with Crippen molar-refractivity contribution in [3.05, 3.63) is 108 Å². The van der Waals surface area contributed by atoms with Gasteiger partial charge in [-0.2, -0.15) is 26.3 Å². The molecule has 0 saturated heterocycles. The molecule has 4 aromatic rings. The third-order valence-corrected chi connectivity index (χ3v) is 11.2. The fourth-order valence-electron chi connectivity index (χ4n) is 6.56. The minimum Gasteiger partial charge on any atom is -0.548 e. The summed E-state index contributed by atoms with van der Waals surface area (Å²) in [6.45, 7) is 13.2. The van der Waals surface area contributed by atoms with E-state index in [0.29, 0.717) is 0 Å². The number of quaternary nitrogens is 1. The van der Waals surface area contributed by atoms with Crippen molar-refractivity contribution in [3.8, 4) is 0 Å². The van der Waals surface area contributed by atoms with Gasteiger partial charge in [0, 0.05) is 55.6 Å². The number of nitrogens with one attached hydrogen (secondary N) is 4. The van der Waals surface area contributed by atoms with Crippen molar-refractivity contribution in [1.82, 2.24) is 20.9 Å². The first-order valence-corrected chi connectivity index (χ1v) is 30.1. The van der Waals surface area contributed by atoms with Crippen molar-refractivity contribution in [2.75, 3.05) is 5.34 Å². The van der Waals surface area contributed by atoms with Gasteiger partial charge in [0.05, 0.1) is 17.4 Å². The first-order valence-electron chi connectivity index (χ1n) is 29.0. The Bertz CT molecular complexity index is 3080. The molecule has 3 amide bonds. The molecule has 3 aromatic carbocycles. The number of carboxylic acid groups (broad SMARTS) is 6. The second kappa shape index (κ2) is 50.7. The number of alkyl halides is 8. The van der Waals surface area contributed by atoms with Crippen LogP contribution in [0.15, 0.2) is 91.1 Å². The van der Waals surface area contributed by atoms with Gasteiger partial charge >= 0.3 is 95.9 Å². The molecule has 29 nitrogen and oxygen atoms in total. The van der Waals surface area contributed by atoms with Gasteiger partial charge in [-0.15, -0.1) is 23.2 Å². The Morgan fingerprint density at radius 1 is 0.560 bits per heavy atom. The van der Waals surface area contributed by atoms with E-state index in [0.717, 1.165) is 27.6 Å². The van der Waals surface area contributed by atoms with Crippen molar-refractivity contribution >= 4 is 112 Å². The minimum absolute atomic E-state index is 0. The van der Waals surface area contributed by atoms with E-state index in [4.69, 9.17) is 83.0 Å². The summed E-state index contributed by atoms with van der Waals surface area (Å²) in [4.78, 5) is 145. The fraction of sp³-hybridized carbons (Fsp3) is 0.468. The quantitative estimate of drug-likeness (QED) is 0.0141. The normalized spacial score (nSPS) is 12.1. The van der Waals surface area contributed by atoms with Crippen molar-refractivity contribution in [1.29, 1.82) is 0 Å². The fourth-order valence-corrected chi connectivity index (χ4v) is 6.56. The maximum absolute atomic E-state index is 12.2. The largest absolute Gasteiger partial charge is 1.00 e. The molecule has 0 bridgehead atoms. The molecule has 0 saturated carbocycles. The number of benzene rings is 3. The van der Waals surface area contributed by atoms with Crippen LogP contribution < -0.4 is 62.1 Å². The molecular weight excluding hydrogens is 1400 g/mol. The zero-order valence-corrected chi connectivity index (χ0v) is 59.4. The Labute approximate surface area is 601 Å². The van der Waals surface area contributed by atoms with Gasteiger partial charge in [0.1, 0.15) is 54.1 Å². The molecule has 0 aliphatic carbocycles. The van der Waals surface area contributed by atoms with Crippen molar-refractivity contribution in [2.45, 2.75) is 180 Å². The van der Waals surface area contributed by atoms with Crippen LogP contribution in [0.3, 0.4) is 0 Å². The summed E-state index contributed by atoms with van der Waals surface area (Å²) < 4.78 is 84.1. The molecule has 0 unspecified atom stereocenters. The second-order valence-electron chi connectivity index (χ2n) is 22.2. The number of aromatic nitrogens is 1. The van der Waals surface area contributed by atoms with Crippen LogP contribution in [0.2, 0.25) is 0 Å². The van der Waals surface area contributed by atoms with Crippen LogP contribution >= 0.6 is 23.2 Å². The van der Waals surface area contributed by atoms with Gasteiger partial charge in [-0.3, -0.25) is 14.4 Å². The number of esters is 2. The van der Waals surface area contributed by atoms with E-state index in [9.17, 15) is 84.2 Å². The van der Waals surface area contributed by atoms with Crippen LogP contribution in [-0.2, 0) is 91.3 Å². The number of carboxylic acids is 6. The smallest absolute Gasteiger partial charge is 0.548 e. The molecular formula is C62H82Cl2F6N6NaO23+. The molecule has 14 N–H and O–H groups in total. The van der Waals surface area contributed by atoms with Gasteiger partial charge in [-0.25, -0.2) is 33.6 Å². The zero-order chi connectivity index (χ0) is 77.0. The number of alkyl carbamates (subject to hydrolysis) is 2. The van der Waals surface area contributed by atoms with Crippen LogP contribution in [0.1, 0.15) is 123 Å². The van der Waals surface area contributed by atoms with Crippen LogP contribution in [0.4, 0.5) is 35.9 Å². The molecule has 0 fully saturated rings. The number of amides is 3. The number of halogens is 8. The summed E-state index contributed by atoms with van der Waals surface area (Å²) >= 11 is 9.53. The maximum Gasteiger partial charge on any atom is 1.00 e. The summed E-state index contributed by atoms with van der Waals surface area (Å²) in [7, 11) is 0. The molecule has 554 valence electrons. The van der Waals surface area contributed by atoms with Crippen LogP contribution in [0, 0.1) is 0 Å². The zero-order valence-electron chi connectivity index (χ0n) is 55.9. The number of nitrogens with two attached hydrogens (primary N) is 1. The monoisotopic (exact) mass is 1490 g/mol. The van der Waals surface area contributed by atoms with E-state index in [1.165, 1.54) is 13.8 Å². The number of carbonyl (C=O) groups excluding carboxylic acids is 8. The van der Waals surface area contributed by atoms with Gasteiger partial charge in [0.2, 0.25) is 5.91 Å². The molecule has 1 heterocycles. The van der Waals surface area contributed by atoms with Gasteiger partial charge in [0.25, 0.3) is 0 Å². The number of Topliss-reactive ketones (excluding diaryl/α,β-unsaturated/α-hetero) is 2. The predicted octanol–water partition coefficient (Wildman–Crippen LogP) is 3.36. The first kappa shape index (κ1) is 97.8. The number of aliphatic carboxylic acids is 6. The molecule has 0 aliphatic heterocycles. The topological polar surface area (TPSA) is 489 Å². The Balaban J connectivity index is -0.000000581. The van der Waals surface area contributed by atoms with Gasteiger partial charge in [-0.1, -0.05) is 78.9 Å². The minimum atomic E-state index is -5.08. The third kappa shape index (κ3) is 52.5. The molecule has 38 heteroatoms. The maximum atomic E-state index is 12.2. The van der Waals surface area contributed by atoms with E-state index >= 15 is 0 Å². The number of hydrogen-bond donors (Lipinski definition) is 11. The number of aromatic amines is 1. The number of rotatable bonds is 26. The number of fused-ring (bicyclic) bond motifs is 1. The van der Waals surface area contributed by atoms with Crippen molar-refractivity contribution in [3.63, 3.8) is 0 Å². The molecule has 0 radical (unpaired) electrons. The van der Waals surface area contributed by atoms with Gasteiger partial charge in [0.15, 0.2) is 6.04 Å². The van der Waals surface area contributed by atoms with Gasteiger partial charge in [-0.05, 0) is 97.4 Å². The van der Waals surface area contributed by atoms with E-state index in [-0.39, 0.29) is 117 Å². The number of ketones is 2. The van der Waals surface area contributed by atoms with E-state index in [2.05, 4.69) is 26.7 Å². The first-order chi connectivity index (χ1) is 45.6. The standard InChI is InChI=1S/C18H25NO5.C17H23NO6.C16H19N3O5.C6H11NO3.2C2HF3O2.CH2Cl2.Na/c1-13(20)10-11-15(19-17(22)24-18(2,3)4)16(21)23-12-14-8-6-5-7-9-14;1-17(2,3)24-16(22)18-13(9-10-14(19)20)15(21)23-11-12-7-5-4-6-8-12;17-11(15(21)22)5-6-14(20)19-13(16(23)24)7-9-8-18-12-4-2-1-3-10(9)12;1-4(8)2-3-5(7)6(9)10;2*3-2(4,5)1(6)7;2-1-3;/h5-9,15H,10-12H2,1-4H3,(H,19,22);4-8,13H,9-11H2,1-3H3,(H,18,22)(H,19,20);1-4,8,11,13,18H,5-7,17H2,(H,19,20)(H,21,22)(H,23,24);5H,2-3,7H2,1H3,(H,9,10);2*(H,6,7);1H2;/q;;;;;;;+1/t15-;13-;11-,13-;5-;;;;/m0000..../s1. The van der Waals surface area contributed by atoms with Crippen LogP contribution in [-0.4, -0.2) is 167 Å². The second-order valence-corrected chi connectivity index (χ2v) is 23.0. The number of carbonyl (C=O) groups is 13. The summed E-state index contributed by atoms with van der Waals surface area (Å²) in [5.74, 6) is -12.1. The molecule has 0 spiro atoms. The van der Waals surface area contributed by atoms with E-state index in [1.807, 2.05) is 72.8 Å². The molecule has 5 atom stereocenters. The Morgan fingerprint density at radius 2 is 0.930 bits per heavy atom. The average Bonchev–Trinajstić information content (AvgIpc) is 1.68. The summed E-state index contributed by atoms with van der Waals surface area (Å²) in [6, 6.07) is 20.7. The Kier molecular flexibility index (Phi) is 49.5. The number of ether oxygens (including phenoxy) is 4. The van der Waals surface area contributed by atoms with Crippen LogP contribution in [0.5, 0.6) is 0 Å². The average molecular weight is 1490 g/mol. The molecule has 100 heavy (non-hydrogen) atoms. The van der Waals surface area contributed by atoms with Crippen molar-refractivity contribution in [2.24, 2.45) is 5.73 Å². The van der Waals surface area contributed by atoms with E-state index < -0.39 is 120 Å². The van der Waals surface area contributed by atoms with Gasteiger partial charge < -0.3 is 96.4 Å².